The molecule has 0 amide bonds. The van der Waals surface area contributed by atoms with Gasteiger partial charge >= 0.3 is 0 Å². The van der Waals surface area contributed by atoms with Gasteiger partial charge in [0.1, 0.15) is 12.2 Å². The fourth-order valence-corrected chi connectivity index (χ4v) is 2.10. The summed E-state index contributed by atoms with van der Waals surface area (Å²) in [5.74, 6) is 0. The SMILES string of the molecule is OCC(O)C(O)c1ccc2ncsc2c1. The van der Waals surface area contributed by atoms with Gasteiger partial charge in [-0.05, 0) is 17.7 Å². The summed E-state index contributed by atoms with van der Waals surface area (Å²) < 4.78 is 0.955. The van der Waals surface area contributed by atoms with Gasteiger partial charge in [0.15, 0.2) is 0 Å². The second-order valence-corrected chi connectivity index (χ2v) is 4.16. The molecule has 0 spiro atoms. The van der Waals surface area contributed by atoms with Crippen LogP contribution in [0.3, 0.4) is 0 Å². The summed E-state index contributed by atoms with van der Waals surface area (Å²) in [6.45, 7) is -0.456. The van der Waals surface area contributed by atoms with Crippen LogP contribution in [-0.2, 0) is 0 Å². The predicted octanol–water partition coefficient (Wildman–Crippen LogP) is 0.683. The van der Waals surface area contributed by atoms with Gasteiger partial charge in [0, 0.05) is 0 Å². The molecule has 5 heteroatoms. The molecule has 0 fully saturated rings. The minimum absolute atomic E-state index is 0.456. The molecule has 15 heavy (non-hydrogen) atoms. The topological polar surface area (TPSA) is 73.6 Å². The molecule has 1 heterocycles. The van der Waals surface area contributed by atoms with E-state index in [1.54, 1.807) is 23.7 Å². The lowest BCUT2D eigenvalue weighted by Gasteiger charge is -2.15. The number of hydrogen-bond acceptors (Lipinski definition) is 5. The van der Waals surface area contributed by atoms with Crippen LogP contribution in [0.4, 0.5) is 0 Å². The molecule has 1 aromatic heterocycles. The van der Waals surface area contributed by atoms with Crippen molar-refractivity contribution in [1.82, 2.24) is 4.98 Å². The Balaban J connectivity index is 2.35. The van der Waals surface area contributed by atoms with Crippen molar-refractivity contribution in [2.24, 2.45) is 0 Å². The van der Waals surface area contributed by atoms with E-state index in [0.717, 1.165) is 10.2 Å². The van der Waals surface area contributed by atoms with Gasteiger partial charge in [-0.15, -0.1) is 11.3 Å². The fraction of sp³-hybridized carbons (Fsp3) is 0.300. The van der Waals surface area contributed by atoms with Gasteiger partial charge in [-0.2, -0.15) is 0 Å². The number of aliphatic hydroxyl groups excluding tert-OH is 3. The Hall–Kier alpha value is -1.01. The first-order chi connectivity index (χ1) is 7.22. The average Bonchev–Trinajstić information content (AvgIpc) is 2.73. The molecule has 0 radical (unpaired) electrons. The minimum atomic E-state index is -1.14. The van der Waals surface area contributed by atoms with E-state index in [2.05, 4.69) is 4.98 Å². The number of benzene rings is 1. The van der Waals surface area contributed by atoms with Crippen LogP contribution in [0.1, 0.15) is 11.7 Å². The molecule has 0 aliphatic rings. The zero-order chi connectivity index (χ0) is 10.8. The largest absolute Gasteiger partial charge is 0.394 e. The van der Waals surface area contributed by atoms with Crippen LogP contribution in [0.25, 0.3) is 10.2 Å². The second kappa shape index (κ2) is 4.24. The zero-order valence-electron chi connectivity index (χ0n) is 7.87. The molecular formula is C10H11NO3S. The van der Waals surface area contributed by atoms with Crippen molar-refractivity contribution in [3.05, 3.63) is 29.3 Å². The third-order valence-corrected chi connectivity index (χ3v) is 3.04. The molecule has 0 aliphatic carbocycles. The molecule has 0 bridgehead atoms. The molecule has 4 nitrogen and oxygen atoms in total. The van der Waals surface area contributed by atoms with Crippen molar-refractivity contribution in [3.8, 4) is 0 Å². The van der Waals surface area contributed by atoms with Crippen LogP contribution in [0.2, 0.25) is 0 Å². The summed E-state index contributed by atoms with van der Waals surface area (Å²) in [4.78, 5) is 4.11. The Bertz CT molecular complexity index is 457. The van der Waals surface area contributed by atoms with Gasteiger partial charge in [0.05, 0.1) is 22.3 Å². The highest BCUT2D eigenvalue weighted by molar-refractivity contribution is 7.16. The van der Waals surface area contributed by atoms with E-state index in [0.29, 0.717) is 5.56 Å². The lowest BCUT2D eigenvalue weighted by atomic mass is 10.0. The van der Waals surface area contributed by atoms with Crippen molar-refractivity contribution < 1.29 is 15.3 Å². The van der Waals surface area contributed by atoms with Gasteiger partial charge in [-0.25, -0.2) is 4.98 Å². The molecule has 2 atom stereocenters. The Morgan fingerprint density at radius 1 is 1.33 bits per heavy atom. The highest BCUT2D eigenvalue weighted by Gasteiger charge is 2.17. The van der Waals surface area contributed by atoms with Crippen LogP contribution < -0.4 is 0 Å². The number of hydrogen-bond donors (Lipinski definition) is 3. The monoisotopic (exact) mass is 225 g/mol. The Kier molecular flexibility index (Phi) is 2.97. The van der Waals surface area contributed by atoms with E-state index in [1.807, 2.05) is 0 Å². The maximum atomic E-state index is 9.66. The molecular weight excluding hydrogens is 214 g/mol. The molecule has 2 unspecified atom stereocenters. The number of rotatable bonds is 3. The van der Waals surface area contributed by atoms with E-state index in [9.17, 15) is 10.2 Å². The van der Waals surface area contributed by atoms with Crippen molar-refractivity contribution >= 4 is 21.6 Å². The highest BCUT2D eigenvalue weighted by Crippen LogP contribution is 2.24. The maximum absolute atomic E-state index is 9.66. The molecule has 0 aliphatic heterocycles. The van der Waals surface area contributed by atoms with Crippen LogP contribution in [0.5, 0.6) is 0 Å². The van der Waals surface area contributed by atoms with Crippen molar-refractivity contribution in [1.29, 1.82) is 0 Å². The van der Waals surface area contributed by atoms with E-state index in [4.69, 9.17) is 5.11 Å². The van der Waals surface area contributed by atoms with E-state index in [-0.39, 0.29) is 0 Å². The van der Waals surface area contributed by atoms with Crippen LogP contribution >= 0.6 is 11.3 Å². The van der Waals surface area contributed by atoms with Crippen molar-refractivity contribution in [2.75, 3.05) is 6.61 Å². The molecule has 0 saturated heterocycles. The number of aromatic nitrogens is 1. The van der Waals surface area contributed by atoms with E-state index >= 15 is 0 Å². The van der Waals surface area contributed by atoms with Crippen molar-refractivity contribution in [2.45, 2.75) is 12.2 Å². The van der Waals surface area contributed by atoms with Crippen LogP contribution in [-0.4, -0.2) is 33.0 Å². The van der Waals surface area contributed by atoms with Crippen LogP contribution in [0.15, 0.2) is 23.7 Å². The summed E-state index contributed by atoms with van der Waals surface area (Å²) in [6, 6.07) is 5.26. The maximum Gasteiger partial charge on any atom is 0.107 e. The average molecular weight is 225 g/mol. The molecule has 0 saturated carbocycles. The molecule has 80 valence electrons. The predicted molar refractivity (Wildman–Crippen MR) is 57.7 cm³/mol. The minimum Gasteiger partial charge on any atom is -0.394 e. The zero-order valence-corrected chi connectivity index (χ0v) is 8.68. The molecule has 2 aromatic rings. The van der Waals surface area contributed by atoms with E-state index < -0.39 is 18.8 Å². The second-order valence-electron chi connectivity index (χ2n) is 3.27. The summed E-state index contributed by atoms with van der Waals surface area (Å²) in [6.07, 6.45) is -2.20. The Morgan fingerprint density at radius 2 is 2.13 bits per heavy atom. The summed E-state index contributed by atoms with van der Waals surface area (Å²) >= 11 is 1.47. The molecule has 1 aromatic carbocycles. The summed E-state index contributed by atoms with van der Waals surface area (Å²) in [7, 11) is 0. The highest BCUT2D eigenvalue weighted by atomic mass is 32.1. The number of fused-ring (bicyclic) bond motifs is 1. The smallest absolute Gasteiger partial charge is 0.107 e. The van der Waals surface area contributed by atoms with Gasteiger partial charge in [0.25, 0.3) is 0 Å². The molecule has 3 N–H and O–H groups in total. The van der Waals surface area contributed by atoms with Crippen molar-refractivity contribution in [3.63, 3.8) is 0 Å². The normalized spacial score (nSPS) is 15.4. The third kappa shape index (κ3) is 2.00. The first-order valence-electron chi connectivity index (χ1n) is 4.52. The standard InChI is InChI=1S/C10H11NO3S/c12-4-8(13)10(14)6-1-2-7-9(3-6)15-5-11-7/h1-3,5,8,10,12-14H,4H2. The van der Waals surface area contributed by atoms with E-state index in [1.165, 1.54) is 11.3 Å². The van der Waals surface area contributed by atoms with Gasteiger partial charge < -0.3 is 15.3 Å². The third-order valence-electron chi connectivity index (χ3n) is 2.25. The summed E-state index contributed by atoms with van der Waals surface area (Å²) in [5.41, 5.74) is 3.19. The number of thiazole rings is 1. The number of aliphatic hydroxyl groups is 3. The van der Waals surface area contributed by atoms with Gasteiger partial charge in [0.2, 0.25) is 0 Å². The quantitative estimate of drug-likeness (QED) is 0.718. The molecule has 2 rings (SSSR count). The summed E-state index contributed by atoms with van der Waals surface area (Å²) in [5, 5.41) is 27.7. The Labute approximate surface area is 90.5 Å². The van der Waals surface area contributed by atoms with Gasteiger partial charge in [-0.1, -0.05) is 6.07 Å². The lowest BCUT2D eigenvalue weighted by molar-refractivity contribution is -0.0151. The van der Waals surface area contributed by atoms with Gasteiger partial charge in [-0.3, -0.25) is 0 Å². The first kappa shape index (κ1) is 10.5. The fourth-order valence-electron chi connectivity index (χ4n) is 1.38. The number of nitrogens with zero attached hydrogens (tertiary/aromatic N) is 1. The Morgan fingerprint density at radius 3 is 2.87 bits per heavy atom. The van der Waals surface area contributed by atoms with Crippen LogP contribution in [0, 0.1) is 0 Å². The lowest BCUT2D eigenvalue weighted by Crippen LogP contribution is -2.21. The first-order valence-corrected chi connectivity index (χ1v) is 5.40.